The van der Waals surface area contributed by atoms with E-state index in [1.807, 2.05) is 32.5 Å². The van der Waals surface area contributed by atoms with Crippen LogP contribution in [0.1, 0.15) is 38.0 Å². The summed E-state index contributed by atoms with van der Waals surface area (Å²) in [5.41, 5.74) is 0.411. The van der Waals surface area contributed by atoms with Gasteiger partial charge in [0, 0.05) is 0 Å². The minimum absolute atomic E-state index is 0.00855. The molecular formula is C15H21N3O5S. The first kappa shape index (κ1) is 18.2. The SMILES string of the molecule is Cc1cc2[nH]c(=O)n(NS(C)(=O)=O)c(=O)c2cc1C(C)OC(C)C. The van der Waals surface area contributed by atoms with Gasteiger partial charge in [0.05, 0.1) is 29.4 Å². The van der Waals surface area contributed by atoms with Crippen LogP contribution in [-0.4, -0.2) is 30.4 Å². The quantitative estimate of drug-likeness (QED) is 0.831. The largest absolute Gasteiger partial charge is 0.371 e. The Bertz CT molecular complexity index is 989. The highest BCUT2D eigenvalue weighted by atomic mass is 32.2. The maximum Gasteiger partial charge on any atom is 0.348 e. The van der Waals surface area contributed by atoms with Gasteiger partial charge in [0.2, 0.25) is 10.0 Å². The summed E-state index contributed by atoms with van der Waals surface area (Å²) in [5.74, 6) is 0. The zero-order valence-electron chi connectivity index (χ0n) is 14.2. The molecule has 0 aliphatic carbocycles. The van der Waals surface area contributed by atoms with E-state index in [0.717, 1.165) is 17.4 Å². The molecule has 1 aromatic carbocycles. The van der Waals surface area contributed by atoms with E-state index in [9.17, 15) is 18.0 Å². The van der Waals surface area contributed by atoms with Gasteiger partial charge in [0.1, 0.15) is 0 Å². The van der Waals surface area contributed by atoms with E-state index in [0.29, 0.717) is 10.2 Å². The van der Waals surface area contributed by atoms with Gasteiger partial charge in [0.15, 0.2) is 0 Å². The van der Waals surface area contributed by atoms with Gasteiger partial charge < -0.3 is 9.72 Å². The van der Waals surface area contributed by atoms with Crippen LogP contribution in [0.15, 0.2) is 21.7 Å². The smallest absolute Gasteiger partial charge is 0.348 e. The second-order valence-electron chi connectivity index (χ2n) is 6.02. The Morgan fingerprint density at radius 1 is 1.21 bits per heavy atom. The zero-order chi connectivity index (χ0) is 18.2. The van der Waals surface area contributed by atoms with Crippen molar-refractivity contribution in [2.75, 3.05) is 11.1 Å². The van der Waals surface area contributed by atoms with Crippen molar-refractivity contribution in [3.05, 3.63) is 44.1 Å². The van der Waals surface area contributed by atoms with Gasteiger partial charge in [-0.05, 0) is 51.0 Å². The molecule has 0 radical (unpaired) electrons. The lowest BCUT2D eigenvalue weighted by molar-refractivity contribution is 0.0176. The summed E-state index contributed by atoms with van der Waals surface area (Å²) in [7, 11) is -3.77. The van der Waals surface area contributed by atoms with Gasteiger partial charge in [-0.3, -0.25) is 4.79 Å². The number of nitrogens with zero attached hydrogens (tertiary/aromatic N) is 1. The summed E-state index contributed by atoms with van der Waals surface area (Å²) >= 11 is 0. The molecule has 24 heavy (non-hydrogen) atoms. The summed E-state index contributed by atoms with van der Waals surface area (Å²) in [6.45, 7) is 7.54. The van der Waals surface area contributed by atoms with Gasteiger partial charge in [-0.15, -0.1) is 0 Å². The molecule has 132 valence electrons. The molecule has 0 spiro atoms. The van der Waals surface area contributed by atoms with Crippen molar-refractivity contribution in [1.29, 1.82) is 0 Å². The summed E-state index contributed by atoms with van der Waals surface area (Å²) in [5, 5.41) is 0.200. The van der Waals surface area contributed by atoms with E-state index in [-0.39, 0.29) is 17.6 Å². The van der Waals surface area contributed by atoms with E-state index < -0.39 is 21.3 Å². The van der Waals surface area contributed by atoms with Crippen LogP contribution in [0.4, 0.5) is 0 Å². The van der Waals surface area contributed by atoms with E-state index in [4.69, 9.17) is 4.74 Å². The first-order chi connectivity index (χ1) is 11.0. The minimum Gasteiger partial charge on any atom is -0.371 e. The molecule has 1 aromatic heterocycles. The van der Waals surface area contributed by atoms with Gasteiger partial charge in [-0.1, -0.05) is 0 Å². The highest BCUT2D eigenvalue weighted by Gasteiger charge is 2.16. The molecule has 0 fully saturated rings. The first-order valence-corrected chi connectivity index (χ1v) is 9.31. The van der Waals surface area contributed by atoms with Crippen LogP contribution in [0.25, 0.3) is 10.9 Å². The number of ether oxygens (including phenoxy) is 1. The molecular weight excluding hydrogens is 334 g/mol. The maximum atomic E-state index is 12.5. The Morgan fingerprint density at radius 2 is 1.83 bits per heavy atom. The molecule has 0 saturated carbocycles. The van der Waals surface area contributed by atoms with Gasteiger partial charge in [0.25, 0.3) is 5.56 Å². The van der Waals surface area contributed by atoms with Crippen molar-refractivity contribution >= 4 is 20.9 Å². The molecule has 2 aromatic rings. The fourth-order valence-electron chi connectivity index (χ4n) is 2.56. The standard InChI is InChI=1S/C15H21N3O5S/c1-8(2)23-10(4)11-7-12-13(6-9(11)3)16-15(20)18(14(12)19)17-24(5,21)22/h6-8,10,17H,1-5H3,(H,16,20). The highest BCUT2D eigenvalue weighted by molar-refractivity contribution is 7.91. The van der Waals surface area contributed by atoms with E-state index >= 15 is 0 Å². The molecule has 1 atom stereocenters. The summed E-state index contributed by atoms with van der Waals surface area (Å²) in [6, 6.07) is 3.30. The fourth-order valence-corrected chi connectivity index (χ4v) is 3.05. The maximum absolute atomic E-state index is 12.5. The van der Waals surface area contributed by atoms with Crippen LogP contribution in [0.2, 0.25) is 0 Å². The number of aromatic nitrogens is 2. The number of hydrogen-bond acceptors (Lipinski definition) is 5. The molecule has 9 heteroatoms. The number of fused-ring (bicyclic) bond motifs is 1. The predicted octanol–water partition coefficient (Wildman–Crippen LogP) is 0.987. The number of aromatic amines is 1. The number of H-pyrrole nitrogens is 1. The van der Waals surface area contributed by atoms with E-state index in [2.05, 4.69) is 4.98 Å². The number of aryl methyl sites for hydroxylation is 1. The fraction of sp³-hybridized carbons (Fsp3) is 0.467. The average Bonchev–Trinajstić information content (AvgIpc) is 2.41. The van der Waals surface area contributed by atoms with E-state index in [1.165, 1.54) is 0 Å². The number of sulfonamides is 1. The second kappa shape index (κ2) is 6.40. The molecule has 1 heterocycles. The highest BCUT2D eigenvalue weighted by Crippen LogP contribution is 2.24. The lowest BCUT2D eigenvalue weighted by atomic mass is 10.0. The van der Waals surface area contributed by atoms with Crippen molar-refractivity contribution in [3.63, 3.8) is 0 Å². The molecule has 2 N–H and O–H groups in total. The topological polar surface area (TPSA) is 110 Å². The number of nitrogens with one attached hydrogen (secondary N) is 2. The van der Waals surface area contributed by atoms with Crippen LogP contribution in [0, 0.1) is 6.92 Å². The third-order valence-electron chi connectivity index (χ3n) is 3.46. The third kappa shape index (κ3) is 3.85. The molecule has 0 aliphatic heterocycles. The second-order valence-corrected chi connectivity index (χ2v) is 7.74. The van der Waals surface area contributed by atoms with Crippen molar-refractivity contribution in [3.8, 4) is 0 Å². The van der Waals surface area contributed by atoms with Gasteiger partial charge in [-0.2, -0.15) is 4.68 Å². The van der Waals surface area contributed by atoms with Gasteiger partial charge >= 0.3 is 5.69 Å². The van der Waals surface area contributed by atoms with Crippen molar-refractivity contribution in [2.24, 2.45) is 0 Å². The van der Waals surface area contributed by atoms with Crippen molar-refractivity contribution in [2.45, 2.75) is 39.9 Å². The predicted molar refractivity (Wildman–Crippen MR) is 92.4 cm³/mol. The summed E-state index contributed by atoms with van der Waals surface area (Å²) < 4.78 is 28.9. The number of benzene rings is 1. The third-order valence-corrected chi connectivity index (χ3v) is 3.97. The van der Waals surface area contributed by atoms with Crippen molar-refractivity contribution in [1.82, 2.24) is 9.66 Å². The molecule has 0 bridgehead atoms. The molecule has 0 aliphatic rings. The molecule has 2 rings (SSSR count). The normalized spacial score (nSPS) is 13.4. The monoisotopic (exact) mass is 355 g/mol. The average molecular weight is 355 g/mol. The van der Waals surface area contributed by atoms with Crippen LogP contribution in [-0.2, 0) is 14.8 Å². The summed E-state index contributed by atoms with van der Waals surface area (Å²) in [4.78, 5) is 28.9. The molecule has 1 unspecified atom stereocenters. The molecule has 0 saturated heterocycles. The lowest BCUT2D eigenvalue weighted by Gasteiger charge is -2.19. The Labute approximate surface area is 139 Å². The molecule has 0 amide bonds. The zero-order valence-corrected chi connectivity index (χ0v) is 15.0. The first-order valence-electron chi connectivity index (χ1n) is 7.42. The van der Waals surface area contributed by atoms with Gasteiger partial charge in [-0.25, -0.2) is 18.0 Å². The Kier molecular flexibility index (Phi) is 4.86. The Hall–Kier alpha value is -2.13. The number of rotatable bonds is 5. The van der Waals surface area contributed by atoms with Crippen molar-refractivity contribution < 1.29 is 13.2 Å². The summed E-state index contributed by atoms with van der Waals surface area (Å²) in [6.07, 6.45) is 0.619. The van der Waals surface area contributed by atoms with E-state index in [1.54, 1.807) is 12.1 Å². The number of hydrogen-bond donors (Lipinski definition) is 2. The molecule has 8 nitrogen and oxygen atoms in total. The van der Waals surface area contributed by atoms with Crippen LogP contribution < -0.4 is 16.1 Å². The van der Waals surface area contributed by atoms with Crippen LogP contribution >= 0.6 is 0 Å². The minimum atomic E-state index is -3.77. The Morgan fingerprint density at radius 3 is 2.38 bits per heavy atom. The lowest BCUT2D eigenvalue weighted by Crippen LogP contribution is -2.43. The van der Waals surface area contributed by atoms with Crippen LogP contribution in [0.3, 0.4) is 0 Å². The van der Waals surface area contributed by atoms with Crippen LogP contribution in [0.5, 0.6) is 0 Å². The Balaban J connectivity index is 2.70.